The Balaban J connectivity index is 0.900. The monoisotopic (exact) mass is 796 g/mol. The standard InChI is InChI=1S/C55H89NO2/c1-9-16-38(3)42-19-21-44-40-23-33-54(29-13-11-27-52(54,7)46(40)25-31-50(42,44)5)36-57-48-18-15-35-56-49(48)58-37-55-30-14-12-28-53(55,8)47-26-32-51(6)43(39(4)17-10-2)20-22-45(51)41(47)24-34-55/h15,18,35,38-47H,9-14,16-17,19-34,36-37H2,1-8H3/t38-,39-,40+,41+,42-,43-,44+,45+,46+,47+,50-,51-,52-,53-,54?,55?/m1/s1. The van der Waals surface area contributed by atoms with Crippen LogP contribution in [0, 0.1) is 91.7 Å². The molecule has 1 heterocycles. The highest BCUT2D eigenvalue weighted by molar-refractivity contribution is 5.33. The minimum absolute atomic E-state index is 0.254. The van der Waals surface area contributed by atoms with Crippen LogP contribution in [0.2, 0.25) is 0 Å². The topological polar surface area (TPSA) is 31.4 Å². The van der Waals surface area contributed by atoms with E-state index in [-0.39, 0.29) is 10.8 Å². The summed E-state index contributed by atoms with van der Waals surface area (Å²) in [6.07, 6.45) is 35.8. The predicted octanol–water partition coefficient (Wildman–Crippen LogP) is 15.5. The summed E-state index contributed by atoms with van der Waals surface area (Å²) in [5.74, 6) is 10.8. The smallest absolute Gasteiger partial charge is 0.256 e. The zero-order valence-electron chi connectivity index (χ0n) is 39.2. The molecule has 58 heavy (non-hydrogen) atoms. The summed E-state index contributed by atoms with van der Waals surface area (Å²) in [5.41, 5.74) is 2.39. The molecular weight excluding hydrogens is 707 g/mol. The third kappa shape index (κ3) is 6.36. The fourth-order valence-electron chi connectivity index (χ4n) is 19.7. The molecule has 1 aromatic rings. The van der Waals surface area contributed by atoms with Gasteiger partial charge in [0.15, 0.2) is 5.75 Å². The lowest BCUT2D eigenvalue weighted by molar-refractivity contribution is -0.175. The van der Waals surface area contributed by atoms with E-state index >= 15 is 0 Å². The van der Waals surface area contributed by atoms with Crippen LogP contribution in [0.4, 0.5) is 0 Å². The molecule has 8 saturated carbocycles. The van der Waals surface area contributed by atoms with E-state index in [1.54, 1.807) is 0 Å². The molecule has 0 saturated heterocycles. The number of ether oxygens (including phenoxy) is 2. The number of hydrogen-bond acceptors (Lipinski definition) is 3. The van der Waals surface area contributed by atoms with Crippen LogP contribution in [0.3, 0.4) is 0 Å². The summed E-state index contributed by atoms with van der Waals surface area (Å²) >= 11 is 0. The molecule has 0 aliphatic heterocycles. The van der Waals surface area contributed by atoms with Gasteiger partial charge in [0.25, 0.3) is 5.88 Å². The van der Waals surface area contributed by atoms with Crippen molar-refractivity contribution in [2.45, 2.75) is 209 Å². The van der Waals surface area contributed by atoms with E-state index in [1.807, 2.05) is 6.20 Å². The van der Waals surface area contributed by atoms with Gasteiger partial charge in [0.05, 0.1) is 13.2 Å². The Morgan fingerprint density at radius 1 is 0.569 bits per heavy atom. The average Bonchev–Trinajstić information content (AvgIpc) is 3.77. The minimum Gasteiger partial charge on any atom is -0.487 e. The second-order valence-corrected chi connectivity index (χ2v) is 24.5. The SMILES string of the molecule is CCC[C@@H](C)[C@H]1CC[C@H]2[C@@H]3CCC4(COc5cccnc5OCC56CCCC[C@]5(C)[C@H]5CC[C@]7(C)[C@@H]([C@H](C)CCC)CC[C@H]7[C@@H]5CC6)CCCC[C@]4(C)[C@H]3CC[C@]12C. The van der Waals surface area contributed by atoms with Gasteiger partial charge in [-0.2, -0.15) is 0 Å². The molecule has 0 aromatic carbocycles. The summed E-state index contributed by atoms with van der Waals surface area (Å²) in [6, 6.07) is 4.29. The molecule has 8 aliphatic carbocycles. The maximum atomic E-state index is 7.17. The van der Waals surface area contributed by atoms with E-state index in [9.17, 15) is 0 Å². The van der Waals surface area contributed by atoms with Crippen molar-refractivity contribution in [3.8, 4) is 11.6 Å². The Morgan fingerprint density at radius 3 is 1.55 bits per heavy atom. The van der Waals surface area contributed by atoms with Crippen molar-refractivity contribution < 1.29 is 9.47 Å². The molecule has 8 fully saturated rings. The molecule has 0 spiro atoms. The van der Waals surface area contributed by atoms with Crippen molar-refractivity contribution in [1.82, 2.24) is 4.98 Å². The van der Waals surface area contributed by atoms with Gasteiger partial charge in [-0.25, -0.2) is 4.98 Å². The molecule has 2 unspecified atom stereocenters. The Bertz CT molecular complexity index is 1480. The van der Waals surface area contributed by atoms with E-state index in [4.69, 9.17) is 14.5 Å². The lowest BCUT2D eigenvalue weighted by Gasteiger charge is -2.65. The van der Waals surface area contributed by atoms with Crippen LogP contribution >= 0.6 is 0 Å². The van der Waals surface area contributed by atoms with E-state index < -0.39 is 0 Å². The van der Waals surface area contributed by atoms with Gasteiger partial charge in [0.2, 0.25) is 0 Å². The number of pyridine rings is 1. The normalized spacial score (nSPS) is 48.0. The zero-order valence-corrected chi connectivity index (χ0v) is 39.2. The summed E-state index contributed by atoms with van der Waals surface area (Å²) in [5, 5.41) is 0. The van der Waals surface area contributed by atoms with Crippen LogP contribution in [-0.4, -0.2) is 18.2 Å². The number of rotatable bonds is 12. The highest BCUT2D eigenvalue weighted by Gasteiger charge is 2.66. The van der Waals surface area contributed by atoms with E-state index in [0.717, 1.165) is 84.0 Å². The van der Waals surface area contributed by atoms with Crippen molar-refractivity contribution >= 4 is 0 Å². The number of nitrogens with zero attached hydrogens (tertiary/aromatic N) is 1. The Morgan fingerprint density at radius 2 is 1.05 bits per heavy atom. The lowest BCUT2D eigenvalue weighted by Crippen LogP contribution is -2.59. The van der Waals surface area contributed by atoms with Crippen molar-refractivity contribution in [3.63, 3.8) is 0 Å². The highest BCUT2D eigenvalue weighted by atomic mass is 16.5. The maximum Gasteiger partial charge on any atom is 0.256 e. The predicted molar refractivity (Wildman–Crippen MR) is 241 cm³/mol. The summed E-state index contributed by atoms with van der Waals surface area (Å²) in [6.45, 7) is 22.7. The molecule has 8 aliphatic rings. The van der Waals surface area contributed by atoms with Crippen molar-refractivity contribution in [3.05, 3.63) is 18.3 Å². The molecule has 3 nitrogen and oxygen atoms in total. The Hall–Kier alpha value is -1.25. The Labute approximate surface area is 357 Å². The molecule has 16 atom stereocenters. The van der Waals surface area contributed by atoms with Crippen molar-refractivity contribution in [2.24, 2.45) is 91.7 Å². The second kappa shape index (κ2) is 15.8. The van der Waals surface area contributed by atoms with Crippen molar-refractivity contribution in [2.75, 3.05) is 13.2 Å². The van der Waals surface area contributed by atoms with Crippen LogP contribution in [0.1, 0.15) is 209 Å². The minimum atomic E-state index is 0.254. The van der Waals surface area contributed by atoms with Gasteiger partial charge in [0, 0.05) is 17.0 Å². The number of aromatic nitrogens is 1. The molecular formula is C55H89NO2. The molecule has 326 valence electrons. The third-order valence-corrected chi connectivity index (χ3v) is 22.8. The van der Waals surface area contributed by atoms with E-state index in [2.05, 4.69) is 67.5 Å². The molecule has 1 aromatic heterocycles. The second-order valence-electron chi connectivity index (χ2n) is 24.5. The van der Waals surface area contributed by atoms with Crippen LogP contribution < -0.4 is 9.47 Å². The molecule has 0 radical (unpaired) electrons. The van der Waals surface area contributed by atoms with E-state index in [0.29, 0.717) is 21.7 Å². The summed E-state index contributed by atoms with van der Waals surface area (Å²) < 4.78 is 14.3. The summed E-state index contributed by atoms with van der Waals surface area (Å²) in [7, 11) is 0. The summed E-state index contributed by atoms with van der Waals surface area (Å²) in [4.78, 5) is 4.97. The zero-order chi connectivity index (χ0) is 40.6. The quantitative estimate of drug-likeness (QED) is 0.211. The Kier molecular flexibility index (Phi) is 11.5. The highest BCUT2D eigenvalue weighted by Crippen LogP contribution is 2.73. The fourth-order valence-corrected chi connectivity index (χ4v) is 19.7. The lowest BCUT2D eigenvalue weighted by atomic mass is 9.40. The fraction of sp³-hybridized carbons (Fsp3) is 0.909. The van der Waals surface area contributed by atoms with E-state index in [1.165, 1.54) is 154 Å². The van der Waals surface area contributed by atoms with Gasteiger partial charge < -0.3 is 9.47 Å². The number of hydrogen-bond donors (Lipinski definition) is 0. The molecule has 3 heteroatoms. The first-order valence-corrected chi connectivity index (χ1v) is 26.1. The van der Waals surface area contributed by atoms with Gasteiger partial charge in [-0.05, 0) is 196 Å². The van der Waals surface area contributed by atoms with Crippen LogP contribution in [0.25, 0.3) is 0 Å². The van der Waals surface area contributed by atoms with Crippen molar-refractivity contribution in [1.29, 1.82) is 0 Å². The largest absolute Gasteiger partial charge is 0.487 e. The van der Waals surface area contributed by atoms with Gasteiger partial charge in [-0.3, -0.25) is 0 Å². The van der Waals surface area contributed by atoms with Crippen LogP contribution in [-0.2, 0) is 0 Å². The molecule has 9 rings (SSSR count). The molecule has 0 amide bonds. The first-order chi connectivity index (χ1) is 27.9. The first-order valence-electron chi connectivity index (χ1n) is 26.1. The van der Waals surface area contributed by atoms with Gasteiger partial charge in [-0.1, -0.05) is 107 Å². The van der Waals surface area contributed by atoms with Crippen LogP contribution in [0.5, 0.6) is 11.6 Å². The van der Waals surface area contributed by atoms with Gasteiger partial charge in [-0.15, -0.1) is 0 Å². The van der Waals surface area contributed by atoms with Gasteiger partial charge in [0.1, 0.15) is 0 Å². The maximum absolute atomic E-state index is 7.17. The molecule has 0 N–H and O–H groups in total. The number of fused-ring (bicyclic) bond motifs is 10. The van der Waals surface area contributed by atoms with Gasteiger partial charge >= 0.3 is 0 Å². The first kappa shape index (κ1) is 42.1. The molecule has 0 bridgehead atoms. The third-order valence-electron chi connectivity index (χ3n) is 22.8. The average molecular weight is 796 g/mol. The van der Waals surface area contributed by atoms with Crippen LogP contribution in [0.15, 0.2) is 18.3 Å².